The van der Waals surface area contributed by atoms with E-state index in [0.29, 0.717) is 17.4 Å². The van der Waals surface area contributed by atoms with Crippen LogP contribution in [-0.2, 0) is 5.41 Å². The highest BCUT2D eigenvalue weighted by Gasteiger charge is 2.49. The summed E-state index contributed by atoms with van der Waals surface area (Å²) in [5.41, 5.74) is 2.48. The summed E-state index contributed by atoms with van der Waals surface area (Å²) in [7, 11) is 0. The Morgan fingerprint density at radius 3 is 1.75 bits per heavy atom. The van der Waals surface area contributed by atoms with Crippen LogP contribution in [0.4, 0.5) is 0 Å². The zero-order valence-corrected chi connectivity index (χ0v) is 14.9. The van der Waals surface area contributed by atoms with Crippen LogP contribution in [0, 0.1) is 11.3 Å². The third kappa shape index (κ3) is 2.79. The van der Waals surface area contributed by atoms with Gasteiger partial charge in [0.15, 0.2) is 0 Å². The maximum atomic E-state index is 9.75. The van der Waals surface area contributed by atoms with Gasteiger partial charge in [-0.15, -0.1) is 0 Å². The van der Waals surface area contributed by atoms with Crippen molar-refractivity contribution in [3.8, 4) is 11.5 Å². The summed E-state index contributed by atoms with van der Waals surface area (Å²) in [4.78, 5) is 0. The third-order valence-corrected chi connectivity index (χ3v) is 6.03. The molecule has 2 N–H and O–H groups in total. The summed E-state index contributed by atoms with van der Waals surface area (Å²) >= 11 is 0. The molecule has 1 saturated carbocycles. The van der Waals surface area contributed by atoms with Crippen molar-refractivity contribution < 1.29 is 10.2 Å². The summed E-state index contributed by atoms with van der Waals surface area (Å²) < 4.78 is 0. The van der Waals surface area contributed by atoms with E-state index < -0.39 is 0 Å². The van der Waals surface area contributed by atoms with E-state index in [1.165, 1.54) is 30.4 Å². The third-order valence-electron chi connectivity index (χ3n) is 6.03. The minimum absolute atomic E-state index is 0.0890. The summed E-state index contributed by atoms with van der Waals surface area (Å²) in [6, 6.07) is 15.5. The van der Waals surface area contributed by atoms with Crippen molar-refractivity contribution in [1.82, 2.24) is 0 Å². The van der Waals surface area contributed by atoms with E-state index in [4.69, 9.17) is 0 Å². The van der Waals surface area contributed by atoms with Gasteiger partial charge in [0.1, 0.15) is 11.5 Å². The Balaban J connectivity index is 2.26. The van der Waals surface area contributed by atoms with Crippen LogP contribution in [0.15, 0.2) is 48.5 Å². The lowest BCUT2D eigenvalue weighted by Crippen LogP contribution is -2.43. The second-order valence-corrected chi connectivity index (χ2v) is 8.08. The largest absolute Gasteiger partial charge is 0.508 e. The molecule has 2 aromatic carbocycles. The first-order chi connectivity index (χ1) is 11.3. The molecule has 24 heavy (non-hydrogen) atoms. The average molecular weight is 324 g/mol. The van der Waals surface area contributed by atoms with Crippen molar-refractivity contribution in [3.63, 3.8) is 0 Å². The van der Waals surface area contributed by atoms with E-state index >= 15 is 0 Å². The van der Waals surface area contributed by atoms with Gasteiger partial charge in [0, 0.05) is 5.41 Å². The molecule has 1 atom stereocenters. The van der Waals surface area contributed by atoms with E-state index in [9.17, 15) is 10.2 Å². The van der Waals surface area contributed by atoms with Crippen LogP contribution in [0.2, 0.25) is 0 Å². The zero-order chi connectivity index (χ0) is 17.4. The minimum atomic E-state index is -0.121. The van der Waals surface area contributed by atoms with Gasteiger partial charge in [-0.1, -0.05) is 57.9 Å². The molecule has 0 spiro atoms. The van der Waals surface area contributed by atoms with Crippen molar-refractivity contribution in [3.05, 3.63) is 59.7 Å². The number of aromatic hydroxyl groups is 2. The lowest BCUT2D eigenvalue weighted by atomic mass is 9.55. The Kier molecular flexibility index (Phi) is 4.33. The van der Waals surface area contributed by atoms with Gasteiger partial charge in [-0.2, -0.15) is 0 Å². The number of benzene rings is 2. The smallest absolute Gasteiger partial charge is 0.115 e. The van der Waals surface area contributed by atoms with Gasteiger partial charge in [-0.3, -0.25) is 0 Å². The molecule has 1 unspecified atom stereocenters. The maximum absolute atomic E-state index is 9.75. The molecule has 2 aromatic rings. The van der Waals surface area contributed by atoms with Gasteiger partial charge in [0.2, 0.25) is 0 Å². The fourth-order valence-electron chi connectivity index (χ4n) is 4.68. The Hall–Kier alpha value is -1.96. The molecule has 0 aromatic heterocycles. The second kappa shape index (κ2) is 6.16. The van der Waals surface area contributed by atoms with Crippen molar-refractivity contribution in [2.45, 2.75) is 51.9 Å². The molecule has 1 fully saturated rings. The number of phenols is 2. The van der Waals surface area contributed by atoms with Crippen molar-refractivity contribution in [2.24, 2.45) is 11.3 Å². The zero-order valence-electron chi connectivity index (χ0n) is 14.9. The molecular weight excluding hydrogens is 296 g/mol. The van der Waals surface area contributed by atoms with E-state index in [-0.39, 0.29) is 10.8 Å². The van der Waals surface area contributed by atoms with E-state index in [2.05, 4.69) is 45.0 Å². The molecule has 0 aliphatic heterocycles. The molecule has 2 heteroatoms. The fourth-order valence-corrected chi connectivity index (χ4v) is 4.68. The van der Waals surface area contributed by atoms with Crippen LogP contribution in [0.5, 0.6) is 11.5 Å². The Morgan fingerprint density at radius 2 is 1.29 bits per heavy atom. The standard InChI is InChI=1S/C22H28O2/c1-16-5-4-14-21(2,3)22(15-16,17-6-10-19(23)11-7-17)18-8-12-20(24)13-9-18/h6-13,16,23-24H,4-5,14-15H2,1-3H3. The molecule has 0 amide bonds. The van der Waals surface area contributed by atoms with Crippen molar-refractivity contribution >= 4 is 0 Å². The summed E-state index contributed by atoms with van der Waals surface area (Å²) in [6.07, 6.45) is 4.74. The van der Waals surface area contributed by atoms with Crippen LogP contribution in [-0.4, -0.2) is 10.2 Å². The van der Waals surface area contributed by atoms with E-state index in [1.807, 2.05) is 0 Å². The first kappa shape index (κ1) is 16.9. The van der Waals surface area contributed by atoms with Gasteiger partial charge in [0.25, 0.3) is 0 Å². The Bertz CT molecular complexity index is 637. The molecule has 0 bridgehead atoms. The normalized spacial score (nSPS) is 22.7. The number of hydrogen-bond donors (Lipinski definition) is 2. The first-order valence-electron chi connectivity index (χ1n) is 8.94. The maximum Gasteiger partial charge on any atom is 0.115 e. The monoisotopic (exact) mass is 324 g/mol. The fraction of sp³-hybridized carbons (Fsp3) is 0.455. The second-order valence-electron chi connectivity index (χ2n) is 8.08. The van der Waals surface area contributed by atoms with Gasteiger partial charge >= 0.3 is 0 Å². The summed E-state index contributed by atoms with van der Waals surface area (Å²) in [6.45, 7) is 7.08. The van der Waals surface area contributed by atoms with Gasteiger partial charge in [-0.25, -0.2) is 0 Å². The summed E-state index contributed by atoms with van der Waals surface area (Å²) in [5, 5.41) is 19.5. The molecular formula is C22H28O2. The minimum Gasteiger partial charge on any atom is -0.508 e. The van der Waals surface area contributed by atoms with Crippen LogP contribution >= 0.6 is 0 Å². The number of rotatable bonds is 2. The molecule has 0 radical (unpaired) electrons. The lowest BCUT2D eigenvalue weighted by molar-refractivity contribution is 0.175. The van der Waals surface area contributed by atoms with Crippen LogP contribution in [0.3, 0.4) is 0 Å². The molecule has 0 saturated heterocycles. The number of phenolic OH excluding ortho intramolecular Hbond substituents is 2. The number of hydrogen-bond acceptors (Lipinski definition) is 2. The molecule has 1 aliphatic rings. The van der Waals surface area contributed by atoms with Gasteiger partial charge in [-0.05, 0) is 59.6 Å². The SMILES string of the molecule is CC1CCCC(C)(C)C(c2ccc(O)cc2)(c2ccc(O)cc2)C1. The molecule has 128 valence electrons. The van der Waals surface area contributed by atoms with E-state index in [1.54, 1.807) is 24.3 Å². The Morgan fingerprint density at radius 1 is 0.833 bits per heavy atom. The quantitative estimate of drug-likeness (QED) is 0.704. The Labute approximate surface area is 145 Å². The van der Waals surface area contributed by atoms with Crippen LogP contribution in [0.1, 0.15) is 57.6 Å². The molecule has 0 heterocycles. The predicted molar refractivity (Wildman–Crippen MR) is 98.4 cm³/mol. The van der Waals surface area contributed by atoms with Gasteiger partial charge < -0.3 is 10.2 Å². The lowest BCUT2D eigenvalue weighted by Gasteiger charge is -2.48. The van der Waals surface area contributed by atoms with Crippen molar-refractivity contribution in [2.75, 3.05) is 0 Å². The summed E-state index contributed by atoms with van der Waals surface area (Å²) in [5.74, 6) is 1.24. The predicted octanol–water partition coefficient (Wildman–Crippen LogP) is 5.62. The van der Waals surface area contributed by atoms with Crippen molar-refractivity contribution in [1.29, 1.82) is 0 Å². The van der Waals surface area contributed by atoms with Crippen LogP contribution in [0.25, 0.3) is 0 Å². The molecule has 1 aliphatic carbocycles. The topological polar surface area (TPSA) is 40.5 Å². The van der Waals surface area contributed by atoms with E-state index in [0.717, 1.165) is 6.42 Å². The first-order valence-corrected chi connectivity index (χ1v) is 8.94. The van der Waals surface area contributed by atoms with Crippen LogP contribution < -0.4 is 0 Å². The van der Waals surface area contributed by atoms with Gasteiger partial charge in [0.05, 0.1) is 0 Å². The highest BCUT2D eigenvalue weighted by atomic mass is 16.3. The molecule has 3 rings (SSSR count). The highest BCUT2D eigenvalue weighted by Crippen LogP contribution is 2.56. The average Bonchev–Trinajstić information content (AvgIpc) is 2.65. The highest BCUT2D eigenvalue weighted by molar-refractivity contribution is 5.45. The molecule has 2 nitrogen and oxygen atoms in total.